The predicted molar refractivity (Wildman–Crippen MR) is 147 cm³/mol. The molecule has 4 rings (SSSR count). The van der Waals surface area contributed by atoms with Gasteiger partial charge in [-0.1, -0.05) is 51.8 Å². The number of ether oxygens (including phenoxy) is 2. The van der Waals surface area contributed by atoms with Crippen molar-refractivity contribution in [2.45, 2.75) is 13.2 Å². The molecule has 1 saturated heterocycles. The minimum atomic E-state index is -0.313. The van der Waals surface area contributed by atoms with Gasteiger partial charge in [-0.25, -0.2) is 0 Å². The Hall–Kier alpha value is -2.01. The fraction of sp³-hybridized carbons (Fsp3) is 0.120. The van der Waals surface area contributed by atoms with E-state index in [0.717, 1.165) is 36.5 Å². The Morgan fingerprint density at radius 1 is 1.09 bits per heavy atom. The molecule has 1 fully saturated rings. The van der Waals surface area contributed by atoms with Gasteiger partial charge < -0.3 is 9.47 Å². The number of carbonyl (C=O) groups excluding carboxylic acids is 2. The molecule has 1 heterocycles. The van der Waals surface area contributed by atoms with Crippen LogP contribution in [0.15, 0.2) is 70.0 Å². The van der Waals surface area contributed by atoms with E-state index < -0.39 is 0 Å². The molecule has 174 valence electrons. The lowest BCUT2D eigenvalue weighted by Crippen LogP contribution is -2.27. The van der Waals surface area contributed by atoms with Crippen LogP contribution in [0.4, 0.5) is 4.79 Å². The van der Waals surface area contributed by atoms with E-state index in [9.17, 15) is 9.59 Å². The molecule has 3 aromatic rings. The largest absolute Gasteiger partial charge is 0.493 e. The summed E-state index contributed by atoms with van der Waals surface area (Å²) in [7, 11) is 1.57. The molecule has 1 aliphatic rings. The highest BCUT2D eigenvalue weighted by Gasteiger charge is 2.35. The number of nitrogens with zero attached hydrogens (tertiary/aromatic N) is 1. The van der Waals surface area contributed by atoms with Gasteiger partial charge in [0.25, 0.3) is 11.1 Å². The first-order chi connectivity index (χ1) is 16.3. The van der Waals surface area contributed by atoms with E-state index in [1.807, 2.05) is 54.6 Å². The highest BCUT2D eigenvalue weighted by molar-refractivity contribution is 14.1. The lowest BCUT2D eigenvalue weighted by Gasteiger charge is -2.14. The number of benzene rings is 3. The van der Waals surface area contributed by atoms with Crippen LogP contribution in [0.1, 0.15) is 16.7 Å². The first-order valence-corrected chi connectivity index (χ1v) is 13.2. The SMILES string of the molecule is COc1cc(/C=C2/SC(=O)N(Cc3cccc(Br)c3)C2=O)cc(I)c1OCc1ccc(Cl)cc1. The third-order valence-corrected chi connectivity index (χ3v) is 7.40. The molecule has 3 aromatic carbocycles. The van der Waals surface area contributed by atoms with Crippen molar-refractivity contribution in [3.05, 3.63) is 95.3 Å². The van der Waals surface area contributed by atoms with Gasteiger partial charge in [0.1, 0.15) is 6.61 Å². The summed E-state index contributed by atoms with van der Waals surface area (Å²) in [5.41, 5.74) is 2.59. The van der Waals surface area contributed by atoms with E-state index in [1.165, 1.54) is 4.90 Å². The van der Waals surface area contributed by atoms with Gasteiger partial charge in [0.2, 0.25) is 0 Å². The maximum absolute atomic E-state index is 12.9. The van der Waals surface area contributed by atoms with Crippen molar-refractivity contribution >= 4 is 79.1 Å². The van der Waals surface area contributed by atoms with Gasteiger partial charge in [0.15, 0.2) is 11.5 Å². The summed E-state index contributed by atoms with van der Waals surface area (Å²) >= 11 is 12.5. The van der Waals surface area contributed by atoms with Crippen LogP contribution in [-0.2, 0) is 17.9 Å². The molecule has 9 heteroatoms. The fourth-order valence-electron chi connectivity index (χ4n) is 3.30. The molecular formula is C25H18BrClINO4S. The van der Waals surface area contributed by atoms with Gasteiger partial charge in [0, 0.05) is 9.50 Å². The summed E-state index contributed by atoms with van der Waals surface area (Å²) in [5, 5.41) is 0.377. The second kappa shape index (κ2) is 11.2. The molecule has 1 aliphatic heterocycles. The van der Waals surface area contributed by atoms with E-state index in [4.69, 9.17) is 21.1 Å². The van der Waals surface area contributed by atoms with Crippen molar-refractivity contribution in [2.75, 3.05) is 7.11 Å². The van der Waals surface area contributed by atoms with Crippen LogP contribution in [0.2, 0.25) is 5.02 Å². The molecule has 0 atom stereocenters. The molecule has 34 heavy (non-hydrogen) atoms. The third kappa shape index (κ3) is 5.97. The maximum atomic E-state index is 12.9. The Morgan fingerprint density at radius 2 is 1.85 bits per heavy atom. The molecule has 0 unspecified atom stereocenters. The van der Waals surface area contributed by atoms with Crippen LogP contribution in [0.3, 0.4) is 0 Å². The minimum absolute atomic E-state index is 0.222. The van der Waals surface area contributed by atoms with Gasteiger partial charge in [-0.15, -0.1) is 0 Å². The number of thioether (sulfide) groups is 1. The van der Waals surface area contributed by atoms with Gasteiger partial charge in [-0.3, -0.25) is 14.5 Å². The third-order valence-electron chi connectivity index (χ3n) is 4.95. The zero-order chi connectivity index (χ0) is 24.2. The first kappa shape index (κ1) is 25.1. The quantitative estimate of drug-likeness (QED) is 0.192. The Bertz CT molecular complexity index is 1280. The van der Waals surface area contributed by atoms with Crippen molar-refractivity contribution < 1.29 is 19.1 Å². The van der Waals surface area contributed by atoms with Crippen molar-refractivity contribution in [2.24, 2.45) is 0 Å². The molecule has 0 radical (unpaired) electrons. The topological polar surface area (TPSA) is 55.8 Å². The van der Waals surface area contributed by atoms with Crippen LogP contribution in [0, 0.1) is 3.57 Å². The van der Waals surface area contributed by atoms with Crippen LogP contribution in [-0.4, -0.2) is 23.2 Å². The molecule has 0 bridgehead atoms. The normalized spacial score (nSPS) is 14.7. The van der Waals surface area contributed by atoms with Crippen molar-refractivity contribution in [3.63, 3.8) is 0 Å². The summed E-state index contributed by atoms with van der Waals surface area (Å²) in [6.45, 7) is 0.581. The number of methoxy groups -OCH3 is 1. The van der Waals surface area contributed by atoms with E-state index in [1.54, 1.807) is 19.3 Å². The number of carbonyl (C=O) groups is 2. The summed E-state index contributed by atoms with van der Waals surface area (Å²) in [4.78, 5) is 27.1. The second-order valence-corrected chi connectivity index (χ2v) is 10.9. The molecule has 0 N–H and O–H groups in total. The molecule has 0 spiro atoms. The summed E-state index contributed by atoms with van der Waals surface area (Å²) < 4.78 is 13.3. The number of amides is 2. The monoisotopic (exact) mass is 669 g/mol. The molecule has 5 nitrogen and oxygen atoms in total. The van der Waals surface area contributed by atoms with E-state index in [0.29, 0.717) is 28.0 Å². The molecule has 0 aliphatic carbocycles. The molecule has 0 saturated carbocycles. The average Bonchev–Trinajstić information content (AvgIpc) is 3.06. The molecule has 2 amide bonds. The Morgan fingerprint density at radius 3 is 2.56 bits per heavy atom. The zero-order valence-corrected chi connectivity index (χ0v) is 23.2. The van der Waals surface area contributed by atoms with Crippen LogP contribution >= 0.6 is 61.9 Å². The number of imide groups is 1. The lowest BCUT2D eigenvalue weighted by molar-refractivity contribution is -0.123. The van der Waals surface area contributed by atoms with Gasteiger partial charge in [0.05, 0.1) is 22.1 Å². The van der Waals surface area contributed by atoms with E-state index >= 15 is 0 Å². The minimum Gasteiger partial charge on any atom is -0.493 e. The van der Waals surface area contributed by atoms with Crippen molar-refractivity contribution in [3.8, 4) is 11.5 Å². The average molecular weight is 671 g/mol. The lowest BCUT2D eigenvalue weighted by atomic mass is 10.1. The van der Waals surface area contributed by atoms with Crippen LogP contribution in [0.25, 0.3) is 6.08 Å². The van der Waals surface area contributed by atoms with Crippen molar-refractivity contribution in [1.29, 1.82) is 0 Å². The number of rotatable bonds is 7. The highest BCUT2D eigenvalue weighted by Crippen LogP contribution is 2.38. The first-order valence-electron chi connectivity index (χ1n) is 10.1. The van der Waals surface area contributed by atoms with Crippen LogP contribution in [0.5, 0.6) is 11.5 Å². The second-order valence-electron chi connectivity index (χ2n) is 7.35. The Kier molecular flexibility index (Phi) is 8.23. The Labute approximate surface area is 228 Å². The van der Waals surface area contributed by atoms with E-state index in [-0.39, 0.29) is 17.7 Å². The summed E-state index contributed by atoms with van der Waals surface area (Å²) in [5.74, 6) is 0.838. The number of hydrogen-bond donors (Lipinski definition) is 0. The van der Waals surface area contributed by atoms with E-state index in [2.05, 4.69) is 38.5 Å². The van der Waals surface area contributed by atoms with Crippen molar-refractivity contribution in [1.82, 2.24) is 4.90 Å². The van der Waals surface area contributed by atoms with Gasteiger partial charge in [-0.05, 0) is 93.5 Å². The maximum Gasteiger partial charge on any atom is 0.293 e. The zero-order valence-electron chi connectivity index (χ0n) is 17.9. The Balaban J connectivity index is 1.53. The van der Waals surface area contributed by atoms with Gasteiger partial charge >= 0.3 is 0 Å². The number of halogens is 3. The van der Waals surface area contributed by atoms with Gasteiger partial charge in [-0.2, -0.15) is 0 Å². The summed E-state index contributed by atoms with van der Waals surface area (Å²) in [6.07, 6.45) is 1.71. The summed E-state index contributed by atoms with van der Waals surface area (Å²) in [6, 6.07) is 18.7. The number of hydrogen-bond acceptors (Lipinski definition) is 5. The smallest absolute Gasteiger partial charge is 0.293 e. The highest BCUT2D eigenvalue weighted by atomic mass is 127. The standard InChI is InChI=1S/C25H18BrClINO4S/c1-32-21-11-17(10-20(28)23(21)33-14-15-5-7-19(27)8-6-15)12-22-24(30)29(25(31)34-22)13-16-3-2-4-18(26)9-16/h2-12H,13-14H2,1H3/b22-12+. The molecular weight excluding hydrogens is 653 g/mol. The predicted octanol–water partition coefficient (Wildman–Crippen LogP) is 7.53. The van der Waals surface area contributed by atoms with Crippen LogP contribution < -0.4 is 9.47 Å². The fourth-order valence-corrected chi connectivity index (χ4v) is 5.50. The molecule has 0 aromatic heterocycles.